The van der Waals surface area contributed by atoms with Gasteiger partial charge in [-0.25, -0.2) is 4.39 Å². The minimum absolute atomic E-state index is 0.0774. The molecule has 1 nitrogen and oxygen atoms in total. The van der Waals surface area contributed by atoms with E-state index in [9.17, 15) is 13.2 Å². The topological polar surface area (TPSA) is 20.2 Å². The molecule has 0 heterocycles. The highest BCUT2D eigenvalue weighted by Crippen LogP contribution is 2.36. The Kier molecular flexibility index (Phi) is 3.07. The number of benzene rings is 1. The molecule has 5 heteroatoms. The van der Waals surface area contributed by atoms with Crippen molar-refractivity contribution in [3.63, 3.8) is 0 Å². The molecule has 1 rings (SSSR count). The molecule has 14 heavy (non-hydrogen) atoms. The number of aliphatic hydroxyl groups excluding tert-OH is 1. The zero-order valence-corrected chi connectivity index (χ0v) is 8.02. The average Bonchev–Trinajstić information content (AvgIpc) is 2.01. The number of alkyl halides is 3. The van der Waals surface area contributed by atoms with Gasteiger partial charge in [-0.05, 0) is 41.8 Å². The summed E-state index contributed by atoms with van der Waals surface area (Å²) >= 11 is 4.65. The molecule has 1 unspecified atom stereocenters. The Bertz CT molecular complexity index is 335. The van der Waals surface area contributed by atoms with Crippen LogP contribution in [0.15, 0.2) is 18.2 Å². The molecule has 0 amide bonds. The molecular formula is C9H8ClF3O. The first-order valence-electron chi connectivity index (χ1n) is 3.83. The second kappa shape index (κ2) is 3.79. The van der Waals surface area contributed by atoms with Gasteiger partial charge < -0.3 is 5.11 Å². The van der Waals surface area contributed by atoms with Crippen LogP contribution in [0.3, 0.4) is 0 Å². The number of hydrogen-bond acceptors (Lipinski definition) is 1. The van der Waals surface area contributed by atoms with Gasteiger partial charge in [-0.3, -0.25) is 0 Å². The first-order valence-corrected chi connectivity index (χ1v) is 4.21. The van der Waals surface area contributed by atoms with Crippen LogP contribution in [0.1, 0.15) is 17.2 Å². The fourth-order valence-electron chi connectivity index (χ4n) is 1.12. The van der Waals surface area contributed by atoms with Crippen LogP contribution in [0.4, 0.5) is 13.2 Å². The van der Waals surface area contributed by atoms with E-state index in [0.29, 0.717) is 0 Å². The Labute approximate surface area is 84.1 Å². The lowest BCUT2D eigenvalue weighted by Gasteiger charge is -2.18. The quantitative estimate of drug-likeness (QED) is 0.766. The van der Waals surface area contributed by atoms with E-state index >= 15 is 0 Å². The van der Waals surface area contributed by atoms with Crippen molar-refractivity contribution < 1.29 is 18.3 Å². The molecule has 1 N–H and O–H groups in total. The number of hydrogen-bond donors (Lipinski definition) is 1. The maximum atomic E-state index is 12.6. The molecule has 0 radical (unpaired) electrons. The van der Waals surface area contributed by atoms with Gasteiger partial charge in [-0.15, -0.1) is 0 Å². The summed E-state index contributed by atoms with van der Waals surface area (Å²) in [5.74, 6) is -0.545. The van der Waals surface area contributed by atoms with Gasteiger partial charge >= 0.3 is 5.38 Å². The largest absolute Gasteiger partial charge is 0.381 e. The number of halogens is 4. The van der Waals surface area contributed by atoms with Gasteiger partial charge in [-0.2, -0.15) is 8.78 Å². The third kappa shape index (κ3) is 2.39. The zero-order chi connectivity index (χ0) is 10.9. The summed E-state index contributed by atoms with van der Waals surface area (Å²) in [5, 5.41) is 5.38. The van der Waals surface area contributed by atoms with Gasteiger partial charge in [0, 0.05) is 0 Å². The second-order valence-corrected chi connectivity index (χ2v) is 3.45. The second-order valence-electron chi connectivity index (χ2n) is 2.95. The molecule has 0 aliphatic heterocycles. The van der Waals surface area contributed by atoms with Gasteiger partial charge in [0.2, 0.25) is 0 Å². The van der Waals surface area contributed by atoms with E-state index in [0.717, 1.165) is 18.2 Å². The molecule has 0 aliphatic rings. The lowest BCUT2D eigenvalue weighted by atomic mass is 10.0. The van der Waals surface area contributed by atoms with Crippen molar-refractivity contribution in [2.75, 3.05) is 0 Å². The Hall–Kier alpha value is -0.740. The van der Waals surface area contributed by atoms with E-state index in [1.807, 2.05) is 0 Å². The molecule has 0 aromatic heterocycles. The van der Waals surface area contributed by atoms with E-state index in [4.69, 9.17) is 5.11 Å². The monoisotopic (exact) mass is 224 g/mol. The molecule has 0 saturated heterocycles. The van der Waals surface area contributed by atoms with Crippen LogP contribution in [0, 0.1) is 12.7 Å². The molecule has 1 aromatic rings. The highest BCUT2D eigenvalue weighted by molar-refractivity contribution is 6.22. The zero-order valence-electron chi connectivity index (χ0n) is 7.27. The standard InChI is InChI=1S/C9H8ClF3O/c1-5-4-6(11)2-3-7(5)8(14)9(10,12)13/h2-4,8,14H,1H3. The van der Waals surface area contributed by atoms with Crippen LogP contribution in [0.25, 0.3) is 0 Å². The van der Waals surface area contributed by atoms with E-state index in [2.05, 4.69) is 11.6 Å². The van der Waals surface area contributed by atoms with Crippen molar-refractivity contribution in [3.05, 3.63) is 35.1 Å². The van der Waals surface area contributed by atoms with E-state index < -0.39 is 17.3 Å². The van der Waals surface area contributed by atoms with Gasteiger partial charge in [0.1, 0.15) is 5.82 Å². The summed E-state index contributed by atoms with van der Waals surface area (Å²) in [6, 6.07) is 3.14. The van der Waals surface area contributed by atoms with Crippen LogP contribution in [-0.2, 0) is 0 Å². The van der Waals surface area contributed by atoms with Gasteiger partial charge in [0.25, 0.3) is 0 Å². The minimum Gasteiger partial charge on any atom is -0.381 e. The van der Waals surface area contributed by atoms with Crippen molar-refractivity contribution in [1.29, 1.82) is 0 Å². The van der Waals surface area contributed by atoms with Gasteiger partial charge in [0.05, 0.1) is 0 Å². The molecule has 0 spiro atoms. The van der Waals surface area contributed by atoms with E-state index in [1.165, 1.54) is 6.92 Å². The smallest absolute Gasteiger partial charge is 0.351 e. The summed E-state index contributed by atoms with van der Waals surface area (Å²) in [6.07, 6.45) is -2.12. The Morgan fingerprint density at radius 3 is 2.43 bits per heavy atom. The van der Waals surface area contributed by atoms with Crippen LogP contribution < -0.4 is 0 Å². The van der Waals surface area contributed by atoms with Crippen LogP contribution >= 0.6 is 11.6 Å². The number of aliphatic hydroxyl groups is 1. The third-order valence-corrected chi connectivity index (χ3v) is 2.04. The Morgan fingerprint density at radius 2 is 2.00 bits per heavy atom. The predicted molar refractivity (Wildman–Crippen MR) is 46.9 cm³/mol. The molecule has 78 valence electrons. The molecule has 0 aliphatic carbocycles. The van der Waals surface area contributed by atoms with E-state index in [-0.39, 0.29) is 11.1 Å². The molecule has 1 atom stereocenters. The summed E-state index contributed by atoms with van der Waals surface area (Å²) in [4.78, 5) is 0. The summed E-state index contributed by atoms with van der Waals surface area (Å²) < 4.78 is 37.6. The molecule has 0 fully saturated rings. The highest BCUT2D eigenvalue weighted by atomic mass is 35.5. The SMILES string of the molecule is Cc1cc(F)ccc1C(O)C(F)(F)Cl. The van der Waals surface area contributed by atoms with Gasteiger partial charge in [-0.1, -0.05) is 6.07 Å². The van der Waals surface area contributed by atoms with Crippen LogP contribution in [0.2, 0.25) is 0 Å². The summed E-state index contributed by atoms with van der Waals surface area (Å²) in [7, 11) is 0. The first-order chi connectivity index (χ1) is 6.32. The maximum absolute atomic E-state index is 12.6. The summed E-state index contributed by atoms with van der Waals surface area (Å²) in [6.45, 7) is 1.42. The molecule has 0 bridgehead atoms. The lowest BCUT2D eigenvalue weighted by Crippen LogP contribution is -2.19. The maximum Gasteiger partial charge on any atom is 0.351 e. The van der Waals surface area contributed by atoms with Crippen molar-refractivity contribution in [3.8, 4) is 0 Å². The normalized spacial score (nSPS) is 14.1. The fraction of sp³-hybridized carbons (Fsp3) is 0.333. The molecule has 0 saturated carbocycles. The predicted octanol–water partition coefficient (Wildman–Crippen LogP) is 3.00. The van der Waals surface area contributed by atoms with Crippen LogP contribution in [-0.4, -0.2) is 10.5 Å². The summed E-state index contributed by atoms with van der Waals surface area (Å²) in [5.41, 5.74) is 0.157. The van der Waals surface area contributed by atoms with Crippen molar-refractivity contribution in [2.24, 2.45) is 0 Å². The fourth-order valence-corrected chi connectivity index (χ4v) is 1.24. The van der Waals surface area contributed by atoms with E-state index in [1.54, 1.807) is 0 Å². The number of aryl methyl sites for hydroxylation is 1. The average molecular weight is 225 g/mol. The third-order valence-electron chi connectivity index (χ3n) is 1.84. The van der Waals surface area contributed by atoms with Gasteiger partial charge in [0.15, 0.2) is 6.10 Å². The minimum atomic E-state index is -3.75. The Morgan fingerprint density at radius 1 is 1.43 bits per heavy atom. The molecule has 1 aromatic carbocycles. The number of rotatable bonds is 2. The first kappa shape index (κ1) is 11.3. The highest BCUT2D eigenvalue weighted by Gasteiger charge is 2.37. The molecular weight excluding hydrogens is 217 g/mol. The Balaban J connectivity index is 3.08. The van der Waals surface area contributed by atoms with Crippen molar-refractivity contribution in [1.82, 2.24) is 0 Å². The van der Waals surface area contributed by atoms with Crippen LogP contribution in [0.5, 0.6) is 0 Å². The lowest BCUT2D eigenvalue weighted by molar-refractivity contribution is -0.0428. The van der Waals surface area contributed by atoms with Crippen molar-refractivity contribution in [2.45, 2.75) is 18.4 Å². The van der Waals surface area contributed by atoms with Crippen molar-refractivity contribution >= 4 is 11.6 Å².